The first-order valence-corrected chi connectivity index (χ1v) is 12.4. The van der Waals surface area contributed by atoms with Gasteiger partial charge in [0.15, 0.2) is 0 Å². The molecule has 4 atom stereocenters. The number of para-hydroxylation sites is 2. The minimum Gasteiger partial charge on any atom is -0.426 e. The van der Waals surface area contributed by atoms with Crippen LogP contribution in [0.25, 0.3) is 0 Å². The number of carbonyl (C=O) groups is 2. The highest BCUT2D eigenvalue weighted by molar-refractivity contribution is 6.09. The third-order valence-electron chi connectivity index (χ3n) is 7.92. The van der Waals surface area contributed by atoms with Crippen LogP contribution in [-0.2, 0) is 21.7 Å². The molecule has 7 rings (SSSR count). The van der Waals surface area contributed by atoms with E-state index >= 15 is 0 Å². The highest BCUT2D eigenvalue weighted by atomic mass is 19.1. The van der Waals surface area contributed by atoms with Crippen molar-refractivity contribution in [3.8, 4) is 5.75 Å². The van der Waals surface area contributed by atoms with Gasteiger partial charge in [-0.05, 0) is 35.4 Å². The molecule has 1 spiro atoms. The summed E-state index contributed by atoms with van der Waals surface area (Å²) in [6.45, 7) is 0.408. The van der Waals surface area contributed by atoms with Crippen LogP contribution in [0.3, 0.4) is 0 Å². The molecule has 0 aromatic heterocycles. The van der Waals surface area contributed by atoms with Gasteiger partial charge in [-0.1, -0.05) is 78.9 Å². The number of nitrogens with one attached hydrogen (secondary N) is 1. The van der Waals surface area contributed by atoms with Crippen LogP contribution in [0.2, 0.25) is 0 Å². The van der Waals surface area contributed by atoms with Crippen LogP contribution in [0, 0.1) is 11.7 Å². The van der Waals surface area contributed by atoms with Crippen molar-refractivity contribution in [1.82, 2.24) is 5.32 Å². The standard InChI is InChI=1S/C31H23FN2O3/c32-21-16-14-20(15-17-21)28-26-27(22-10-4-7-13-25(22)37-29(26)35)31(33-28)23-11-5-6-12-24(23)34(30(31)36)18-19-8-2-1-3-9-19/h1-17,26-28,33H,18H2/t26-,27+,28+,31-/m0/s1. The van der Waals surface area contributed by atoms with Crippen molar-refractivity contribution in [3.05, 3.63) is 131 Å². The highest BCUT2D eigenvalue weighted by Gasteiger charge is 2.67. The molecule has 4 aromatic rings. The molecule has 5 nitrogen and oxygen atoms in total. The number of nitrogens with zero attached hydrogens (tertiary/aromatic N) is 1. The van der Waals surface area contributed by atoms with Gasteiger partial charge >= 0.3 is 5.97 Å². The van der Waals surface area contributed by atoms with Crippen LogP contribution in [0.4, 0.5) is 10.1 Å². The first kappa shape index (κ1) is 21.9. The van der Waals surface area contributed by atoms with E-state index < -0.39 is 29.4 Å². The molecule has 1 amide bonds. The van der Waals surface area contributed by atoms with Gasteiger partial charge in [0.25, 0.3) is 5.91 Å². The summed E-state index contributed by atoms with van der Waals surface area (Å²) < 4.78 is 19.6. The van der Waals surface area contributed by atoms with Gasteiger partial charge in [-0.2, -0.15) is 0 Å². The van der Waals surface area contributed by atoms with Crippen LogP contribution < -0.4 is 15.0 Å². The maximum Gasteiger partial charge on any atom is 0.317 e. The predicted molar refractivity (Wildman–Crippen MR) is 136 cm³/mol. The van der Waals surface area contributed by atoms with Crippen LogP contribution >= 0.6 is 0 Å². The Labute approximate surface area is 213 Å². The smallest absolute Gasteiger partial charge is 0.317 e. The first-order chi connectivity index (χ1) is 18.1. The second kappa shape index (κ2) is 8.11. The normalized spacial score (nSPS) is 25.5. The van der Waals surface area contributed by atoms with Crippen molar-refractivity contribution >= 4 is 17.6 Å². The van der Waals surface area contributed by atoms with Crippen molar-refractivity contribution in [3.63, 3.8) is 0 Å². The largest absolute Gasteiger partial charge is 0.426 e. The Kier molecular flexibility index (Phi) is 4.81. The molecule has 1 N–H and O–H groups in total. The predicted octanol–water partition coefficient (Wildman–Crippen LogP) is 5.23. The van der Waals surface area contributed by atoms with Crippen molar-refractivity contribution in [2.45, 2.75) is 24.0 Å². The van der Waals surface area contributed by atoms with E-state index in [0.29, 0.717) is 12.3 Å². The number of fused-ring (bicyclic) bond motifs is 6. The quantitative estimate of drug-likeness (QED) is 0.316. The van der Waals surface area contributed by atoms with E-state index in [-0.39, 0.29) is 11.7 Å². The molecule has 3 aliphatic heterocycles. The molecule has 3 heterocycles. The fourth-order valence-corrected chi connectivity index (χ4v) is 6.40. The Bertz CT molecular complexity index is 1540. The van der Waals surface area contributed by atoms with Gasteiger partial charge in [0.1, 0.15) is 17.1 Å². The van der Waals surface area contributed by atoms with Gasteiger partial charge in [0.05, 0.1) is 12.5 Å². The van der Waals surface area contributed by atoms with Gasteiger partial charge in [0.2, 0.25) is 0 Å². The number of hydrogen-bond acceptors (Lipinski definition) is 4. The molecule has 37 heavy (non-hydrogen) atoms. The number of ether oxygens (including phenoxy) is 1. The summed E-state index contributed by atoms with van der Waals surface area (Å²) in [6.07, 6.45) is 0. The number of anilines is 1. The molecule has 0 saturated carbocycles. The Hall–Kier alpha value is -4.29. The Morgan fingerprint density at radius 3 is 2.35 bits per heavy atom. The van der Waals surface area contributed by atoms with E-state index in [2.05, 4.69) is 5.32 Å². The molecule has 0 radical (unpaired) electrons. The van der Waals surface area contributed by atoms with Gasteiger partial charge in [0, 0.05) is 28.8 Å². The van der Waals surface area contributed by atoms with E-state index in [0.717, 1.165) is 27.9 Å². The number of hydrogen-bond donors (Lipinski definition) is 1. The Balaban J connectivity index is 1.45. The summed E-state index contributed by atoms with van der Waals surface area (Å²) in [7, 11) is 0. The average molecular weight is 491 g/mol. The maximum atomic E-state index is 14.6. The molecule has 4 aromatic carbocycles. The van der Waals surface area contributed by atoms with E-state index in [1.54, 1.807) is 18.2 Å². The second-order valence-electron chi connectivity index (χ2n) is 9.84. The molecule has 1 saturated heterocycles. The van der Waals surface area contributed by atoms with Crippen LogP contribution in [0.1, 0.15) is 34.2 Å². The number of benzene rings is 4. The SMILES string of the molecule is O=C1Oc2ccccc2[C@@H]2[C@H]1[C@@H](c1ccc(F)cc1)N[C@]21C(=O)N(Cc2ccccc2)c2ccccc21. The molecular weight excluding hydrogens is 467 g/mol. The zero-order chi connectivity index (χ0) is 25.1. The summed E-state index contributed by atoms with van der Waals surface area (Å²) >= 11 is 0. The molecular formula is C31H23FN2O3. The van der Waals surface area contributed by atoms with Crippen molar-refractivity contribution in [2.75, 3.05) is 4.90 Å². The van der Waals surface area contributed by atoms with Crippen molar-refractivity contribution in [1.29, 1.82) is 0 Å². The van der Waals surface area contributed by atoms with E-state index in [9.17, 15) is 14.0 Å². The first-order valence-electron chi connectivity index (χ1n) is 12.4. The van der Waals surface area contributed by atoms with Crippen molar-refractivity contribution < 1.29 is 18.7 Å². The monoisotopic (exact) mass is 490 g/mol. The number of rotatable bonds is 3. The lowest BCUT2D eigenvalue weighted by Gasteiger charge is -2.35. The third-order valence-corrected chi connectivity index (χ3v) is 7.92. The molecule has 182 valence electrons. The summed E-state index contributed by atoms with van der Waals surface area (Å²) in [6, 6.07) is 30.6. The second-order valence-corrected chi connectivity index (χ2v) is 9.84. The van der Waals surface area contributed by atoms with Gasteiger partial charge < -0.3 is 9.64 Å². The van der Waals surface area contributed by atoms with Crippen LogP contribution in [-0.4, -0.2) is 11.9 Å². The van der Waals surface area contributed by atoms with E-state index in [1.807, 2.05) is 77.7 Å². The summed E-state index contributed by atoms with van der Waals surface area (Å²) in [5, 5.41) is 3.62. The Morgan fingerprint density at radius 2 is 1.54 bits per heavy atom. The fourth-order valence-electron chi connectivity index (χ4n) is 6.40. The maximum absolute atomic E-state index is 14.6. The van der Waals surface area contributed by atoms with Crippen molar-refractivity contribution in [2.24, 2.45) is 5.92 Å². The molecule has 0 aliphatic carbocycles. The van der Waals surface area contributed by atoms with E-state index in [4.69, 9.17) is 4.74 Å². The van der Waals surface area contributed by atoms with Gasteiger partial charge in [-0.3, -0.25) is 14.9 Å². The van der Waals surface area contributed by atoms with Crippen LogP contribution in [0.5, 0.6) is 5.75 Å². The molecule has 0 bridgehead atoms. The van der Waals surface area contributed by atoms with Gasteiger partial charge in [-0.15, -0.1) is 0 Å². The summed E-state index contributed by atoms with van der Waals surface area (Å²) in [5.74, 6) is -1.57. The minimum atomic E-state index is -1.19. The number of carbonyl (C=O) groups excluding carboxylic acids is 2. The molecule has 0 unspecified atom stereocenters. The van der Waals surface area contributed by atoms with Crippen LogP contribution in [0.15, 0.2) is 103 Å². The third kappa shape index (κ3) is 3.12. The topological polar surface area (TPSA) is 58.6 Å². The number of amides is 1. The highest BCUT2D eigenvalue weighted by Crippen LogP contribution is 2.61. The number of esters is 1. The summed E-state index contributed by atoms with van der Waals surface area (Å²) in [5.41, 5.74) is 3.02. The molecule has 6 heteroatoms. The summed E-state index contributed by atoms with van der Waals surface area (Å²) in [4.78, 5) is 30.0. The lowest BCUT2D eigenvalue weighted by atomic mass is 9.70. The average Bonchev–Trinajstić information content (AvgIpc) is 3.41. The fraction of sp³-hybridized carbons (Fsp3) is 0.161. The number of halogens is 1. The zero-order valence-corrected chi connectivity index (χ0v) is 19.8. The minimum absolute atomic E-state index is 0.110. The zero-order valence-electron chi connectivity index (χ0n) is 19.8. The van der Waals surface area contributed by atoms with E-state index in [1.165, 1.54) is 12.1 Å². The Morgan fingerprint density at radius 1 is 0.838 bits per heavy atom. The molecule has 1 fully saturated rings. The molecule has 3 aliphatic rings. The van der Waals surface area contributed by atoms with Gasteiger partial charge in [-0.25, -0.2) is 4.39 Å². The lowest BCUT2D eigenvalue weighted by molar-refractivity contribution is -0.141. The lowest BCUT2D eigenvalue weighted by Crippen LogP contribution is -2.51.